The van der Waals surface area contributed by atoms with Crippen molar-refractivity contribution >= 4 is 21.6 Å². The molecule has 1 aliphatic rings. The highest BCUT2D eigenvalue weighted by molar-refractivity contribution is 7.89. The molecule has 0 unspecified atom stereocenters. The minimum Gasteiger partial charge on any atom is -0.322 e. The third kappa shape index (κ3) is 4.45. The second-order valence-electron chi connectivity index (χ2n) is 7.57. The maximum absolute atomic E-state index is 13.0. The summed E-state index contributed by atoms with van der Waals surface area (Å²) in [5, 5.41) is 2.87. The molecule has 150 valence electrons. The molecule has 1 aliphatic heterocycles. The standard InChI is InChI=1S/C22H28N2O3S/c1-4-18-6-8-19(9-7-18)23-22(25)21-15-20(10-5-17(21)3)28(26,27)24-13-11-16(2)12-14-24/h5-10,15-16H,4,11-14H2,1-3H3,(H,23,25). The highest BCUT2D eigenvalue weighted by Crippen LogP contribution is 2.25. The topological polar surface area (TPSA) is 66.5 Å². The van der Waals surface area contributed by atoms with Gasteiger partial charge in [-0.3, -0.25) is 4.79 Å². The van der Waals surface area contributed by atoms with Gasteiger partial charge in [0, 0.05) is 24.3 Å². The van der Waals surface area contributed by atoms with E-state index in [0.717, 1.165) is 24.8 Å². The zero-order valence-corrected chi connectivity index (χ0v) is 17.6. The van der Waals surface area contributed by atoms with Crippen molar-refractivity contribution in [2.75, 3.05) is 18.4 Å². The maximum Gasteiger partial charge on any atom is 0.255 e. The van der Waals surface area contributed by atoms with Gasteiger partial charge >= 0.3 is 0 Å². The van der Waals surface area contributed by atoms with Gasteiger partial charge in [-0.2, -0.15) is 4.31 Å². The van der Waals surface area contributed by atoms with Crippen molar-refractivity contribution in [3.63, 3.8) is 0 Å². The molecule has 0 bridgehead atoms. The molecular formula is C22H28N2O3S. The molecule has 2 aromatic carbocycles. The van der Waals surface area contributed by atoms with E-state index in [9.17, 15) is 13.2 Å². The number of nitrogens with zero attached hydrogens (tertiary/aromatic N) is 1. The second-order valence-corrected chi connectivity index (χ2v) is 9.51. The number of carbonyl (C=O) groups is 1. The van der Waals surface area contributed by atoms with Crippen molar-refractivity contribution in [2.45, 2.75) is 44.9 Å². The Hall–Kier alpha value is -2.18. The largest absolute Gasteiger partial charge is 0.322 e. The highest BCUT2D eigenvalue weighted by atomic mass is 32.2. The first-order valence-corrected chi connectivity index (χ1v) is 11.3. The van der Waals surface area contributed by atoms with Crippen LogP contribution in [-0.4, -0.2) is 31.7 Å². The number of sulfonamides is 1. The maximum atomic E-state index is 13.0. The first kappa shape index (κ1) is 20.6. The van der Waals surface area contributed by atoms with Gasteiger partial charge < -0.3 is 5.32 Å². The van der Waals surface area contributed by atoms with Crippen LogP contribution >= 0.6 is 0 Å². The van der Waals surface area contributed by atoms with Gasteiger partial charge in [0.1, 0.15) is 0 Å². The minimum atomic E-state index is -3.59. The fraction of sp³-hybridized carbons (Fsp3) is 0.409. The van der Waals surface area contributed by atoms with Crippen molar-refractivity contribution in [3.05, 3.63) is 59.2 Å². The Labute approximate surface area is 167 Å². The number of carbonyl (C=O) groups excluding carboxylic acids is 1. The molecule has 0 aromatic heterocycles. The predicted octanol–water partition coefficient (Wildman–Crippen LogP) is 4.23. The number of nitrogens with one attached hydrogen (secondary N) is 1. The predicted molar refractivity (Wildman–Crippen MR) is 112 cm³/mol. The van der Waals surface area contributed by atoms with E-state index < -0.39 is 10.0 Å². The summed E-state index contributed by atoms with van der Waals surface area (Å²) < 4.78 is 27.5. The van der Waals surface area contributed by atoms with E-state index in [4.69, 9.17) is 0 Å². The van der Waals surface area contributed by atoms with Crippen LogP contribution < -0.4 is 5.32 Å². The smallest absolute Gasteiger partial charge is 0.255 e. The summed E-state index contributed by atoms with van der Waals surface area (Å²) in [6.45, 7) is 7.09. The lowest BCUT2D eigenvalue weighted by Gasteiger charge is -2.29. The minimum absolute atomic E-state index is 0.180. The first-order valence-electron chi connectivity index (χ1n) is 9.82. The van der Waals surface area contributed by atoms with Crippen LogP contribution in [0, 0.1) is 12.8 Å². The number of hydrogen-bond acceptors (Lipinski definition) is 3. The number of amides is 1. The fourth-order valence-electron chi connectivity index (χ4n) is 3.40. The van der Waals surface area contributed by atoms with Gasteiger partial charge in [-0.15, -0.1) is 0 Å². The molecule has 3 rings (SSSR count). The zero-order valence-electron chi connectivity index (χ0n) is 16.7. The number of anilines is 1. The number of benzene rings is 2. The lowest BCUT2D eigenvalue weighted by Crippen LogP contribution is -2.38. The van der Waals surface area contributed by atoms with Crippen LogP contribution in [0.25, 0.3) is 0 Å². The molecule has 5 nitrogen and oxygen atoms in total. The Kier molecular flexibility index (Phi) is 6.20. The Bertz CT molecular complexity index is 944. The molecule has 1 N–H and O–H groups in total. The summed E-state index contributed by atoms with van der Waals surface area (Å²) in [6, 6.07) is 12.5. The second kappa shape index (κ2) is 8.45. The molecule has 1 heterocycles. The van der Waals surface area contributed by atoms with E-state index in [1.165, 1.54) is 15.9 Å². The van der Waals surface area contributed by atoms with Crippen molar-refractivity contribution in [1.29, 1.82) is 0 Å². The molecule has 28 heavy (non-hydrogen) atoms. The van der Waals surface area contributed by atoms with Crippen LogP contribution in [0.3, 0.4) is 0 Å². The Balaban J connectivity index is 1.83. The van der Waals surface area contributed by atoms with E-state index in [1.807, 2.05) is 31.2 Å². The number of aryl methyl sites for hydroxylation is 2. The monoisotopic (exact) mass is 400 g/mol. The van der Waals surface area contributed by atoms with Gasteiger partial charge in [0.05, 0.1) is 4.90 Å². The summed E-state index contributed by atoms with van der Waals surface area (Å²) in [5.41, 5.74) is 3.01. The summed E-state index contributed by atoms with van der Waals surface area (Å²) in [6.07, 6.45) is 2.67. The summed E-state index contributed by atoms with van der Waals surface area (Å²) >= 11 is 0. The highest BCUT2D eigenvalue weighted by Gasteiger charge is 2.28. The SMILES string of the molecule is CCc1ccc(NC(=O)c2cc(S(=O)(=O)N3CCC(C)CC3)ccc2C)cc1. The summed E-state index contributed by atoms with van der Waals surface area (Å²) in [4.78, 5) is 12.9. The molecule has 1 amide bonds. The molecule has 0 aliphatic carbocycles. The fourth-order valence-corrected chi connectivity index (χ4v) is 4.90. The Morgan fingerprint density at radius 3 is 2.36 bits per heavy atom. The normalized spacial score (nSPS) is 16.1. The number of rotatable bonds is 5. The molecule has 0 spiro atoms. The third-order valence-electron chi connectivity index (χ3n) is 5.45. The van der Waals surface area contributed by atoms with Gasteiger partial charge in [-0.05, 0) is 67.5 Å². The van der Waals surface area contributed by atoms with Crippen LogP contribution in [0.1, 0.15) is 48.2 Å². The Morgan fingerprint density at radius 2 is 1.75 bits per heavy atom. The molecule has 1 fully saturated rings. The quantitative estimate of drug-likeness (QED) is 0.817. The average Bonchev–Trinajstić information content (AvgIpc) is 2.69. The van der Waals surface area contributed by atoms with Crippen LogP contribution in [0.4, 0.5) is 5.69 Å². The van der Waals surface area contributed by atoms with Gasteiger partial charge in [0.25, 0.3) is 5.91 Å². The van der Waals surface area contributed by atoms with E-state index in [2.05, 4.69) is 19.2 Å². The van der Waals surface area contributed by atoms with Crippen LogP contribution in [0.5, 0.6) is 0 Å². The molecular weight excluding hydrogens is 372 g/mol. The van der Waals surface area contributed by atoms with Gasteiger partial charge in [-0.1, -0.05) is 32.0 Å². The Morgan fingerprint density at radius 1 is 1.11 bits per heavy atom. The van der Waals surface area contributed by atoms with Crippen molar-refractivity contribution < 1.29 is 13.2 Å². The van der Waals surface area contributed by atoms with Gasteiger partial charge in [0.15, 0.2) is 0 Å². The van der Waals surface area contributed by atoms with Crippen LogP contribution in [0.2, 0.25) is 0 Å². The van der Waals surface area contributed by atoms with Gasteiger partial charge in [-0.25, -0.2) is 8.42 Å². The van der Waals surface area contributed by atoms with E-state index in [-0.39, 0.29) is 10.8 Å². The molecule has 6 heteroatoms. The van der Waals surface area contributed by atoms with Crippen molar-refractivity contribution in [1.82, 2.24) is 4.31 Å². The lowest BCUT2D eigenvalue weighted by atomic mass is 10.0. The zero-order chi connectivity index (χ0) is 20.3. The summed E-state index contributed by atoms with van der Waals surface area (Å²) in [5.74, 6) is 0.246. The van der Waals surface area contributed by atoms with E-state index in [1.54, 1.807) is 12.1 Å². The average molecular weight is 401 g/mol. The summed E-state index contributed by atoms with van der Waals surface area (Å²) in [7, 11) is -3.59. The van der Waals surface area contributed by atoms with Crippen molar-refractivity contribution in [3.8, 4) is 0 Å². The van der Waals surface area contributed by atoms with Gasteiger partial charge in [0.2, 0.25) is 10.0 Å². The van der Waals surface area contributed by atoms with Crippen LogP contribution in [-0.2, 0) is 16.4 Å². The first-order chi connectivity index (χ1) is 13.3. The molecule has 0 radical (unpaired) electrons. The number of piperidine rings is 1. The molecule has 0 saturated carbocycles. The number of hydrogen-bond donors (Lipinski definition) is 1. The van der Waals surface area contributed by atoms with E-state index in [0.29, 0.717) is 30.3 Å². The molecule has 1 saturated heterocycles. The van der Waals surface area contributed by atoms with Crippen molar-refractivity contribution in [2.24, 2.45) is 5.92 Å². The molecule has 0 atom stereocenters. The lowest BCUT2D eigenvalue weighted by molar-refractivity contribution is 0.102. The molecule has 2 aromatic rings. The van der Waals surface area contributed by atoms with E-state index >= 15 is 0 Å². The third-order valence-corrected chi connectivity index (χ3v) is 7.35. The van der Waals surface area contributed by atoms with Crippen LogP contribution in [0.15, 0.2) is 47.4 Å².